The predicted molar refractivity (Wildman–Crippen MR) is 84.1 cm³/mol. The number of benzene rings is 1. The van der Waals surface area contributed by atoms with Gasteiger partial charge < -0.3 is 5.32 Å². The minimum absolute atomic E-state index is 0.0467. The van der Waals surface area contributed by atoms with E-state index in [4.69, 9.17) is 0 Å². The maximum Gasteiger partial charge on any atom is 0.152 e. The molecule has 112 valence electrons. The number of aryl methyl sites for hydroxylation is 2. The van der Waals surface area contributed by atoms with Crippen LogP contribution in [0.5, 0.6) is 0 Å². The summed E-state index contributed by atoms with van der Waals surface area (Å²) in [7, 11) is 0. The fourth-order valence-electron chi connectivity index (χ4n) is 2.54. The van der Waals surface area contributed by atoms with Gasteiger partial charge in [-0.1, -0.05) is 13.0 Å². The highest BCUT2D eigenvalue weighted by Crippen LogP contribution is 2.25. The summed E-state index contributed by atoms with van der Waals surface area (Å²) < 4.78 is 13.2. The first-order chi connectivity index (χ1) is 9.93. The number of rotatable bonds is 4. The summed E-state index contributed by atoms with van der Waals surface area (Å²) in [4.78, 5) is 0. The largest absolute Gasteiger partial charge is 0.362 e. The molecule has 0 fully saturated rings. The summed E-state index contributed by atoms with van der Waals surface area (Å²) in [5.74, 6) is 0.587. The fourth-order valence-corrected chi connectivity index (χ4v) is 2.54. The van der Waals surface area contributed by atoms with Crippen molar-refractivity contribution in [3.63, 3.8) is 0 Å². The van der Waals surface area contributed by atoms with Crippen molar-refractivity contribution in [2.24, 2.45) is 0 Å². The molecule has 21 heavy (non-hydrogen) atoms. The van der Waals surface area contributed by atoms with Crippen LogP contribution in [0.2, 0.25) is 0 Å². The van der Waals surface area contributed by atoms with E-state index in [1.54, 1.807) is 6.07 Å². The van der Waals surface area contributed by atoms with Gasteiger partial charge in [0.2, 0.25) is 0 Å². The molecule has 0 aliphatic carbocycles. The van der Waals surface area contributed by atoms with Crippen LogP contribution in [-0.2, 0) is 6.42 Å². The molecular formula is C17H22FN3. The Morgan fingerprint density at radius 2 is 1.86 bits per heavy atom. The van der Waals surface area contributed by atoms with Gasteiger partial charge in [0.25, 0.3) is 0 Å². The number of nitrogens with one attached hydrogen (secondary N) is 1. The van der Waals surface area contributed by atoms with Crippen LogP contribution >= 0.6 is 0 Å². The molecular weight excluding hydrogens is 265 g/mol. The minimum atomic E-state index is -0.206. The Kier molecular flexibility index (Phi) is 4.56. The van der Waals surface area contributed by atoms with Crippen molar-refractivity contribution < 1.29 is 4.39 Å². The van der Waals surface area contributed by atoms with Gasteiger partial charge in [-0.3, -0.25) is 0 Å². The molecule has 1 aromatic carbocycles. The van der Waals surface area contributed by atoms with Gasteiger partial charge in [0.05, 0.1) is 11.7 Å². The van der Waals surface area contributed by atoms with E-state index in [1.807, 2.05) is 19.9 Å². The molecule has 0 radical (unpaired) electrons. The Hall–Kier alpha value is -1.97. The molecule has 1 aromatic heterocycles. The van der Waals surface area contributed by atoms with Crippen molar-refractivity contribution in [2.45, 2.75) is 47.1 Å². The normalized spacial score (nSPS) is 12.3. The first kappa shape index (κ1) is 15.4. The zero-order chi connectivity index (χ0) is 15.6. The van der Waals surface area contributed by atoms with Crippen LogP contribution in [-0.4, -0.2) is 10.2 Å². The maximum atomic E-state index is 13.2. The lowest BCUT2D eigenvalue weighted by molar-refractivity contribution is 0.624. The van der Waals surface area contributed by atoms with Gasteiger partial charge >= 0.3 is 0 Å². The van der Waals surface area contributed by atoms with Crippen LogP contribution in [0.25, 0.3) is 0 Å². The van der Waals surface area contributed by atoms with Gasteiger partial charge in [0, 0.05) is 0 Å². The number of nitrogens with zero attached hydrogens (tertiary/aromatic N) is 2. The van der Waals surface area contributed by atoms with Gasteiger partial charge in [0.15, 0.2) is 5.82 Å². The maximum absolute atomic E-state index is 13.2. The highest BCUT2D eigenvalue weighted by atomic mass is 19.1. The summed E-state index contributed by atoms with van der Waals surface area (Å²) >= 11 is 0. The Morgan fingerprint density at radius 1 is 1.14 bits per heavy atom. The average molecular weight is 287 g/mol. The molecule has 0 aliphatic rings. The third kappa shape index (κ3) is 3.20. The summed E-state index contributed by atoms with van der Waals surface area (Å²) in [6, 6.07) is 4.91. The number of hydrogen-bond acceptors (Lipinski definition) is 3. The van der Waals surface area contributed by atoms with Gasteiger partial charge in [-0.05, 0) is 68.5 Å². The molecule has 0 saturated heterocycles. The third-order valence-corrected chi connectivity index (χ3v) is 4.01. The Labute approximate surface area is 125 Å². The van der Waals surface area contributed by atoms with Crippen molar-refractivity contribution in [1.82, 2.24) is 10.2 Å². The molecule has 0 unspecified atom stereocenters. The molecule has 1 N–H and O–H groups in total. The number of anilines is 1. The molecule has 0 saturated carbocycles. The molecule has 0 bridgehead atoms. The summed E-state index contributed by atoms with van der Waals surface area (Å²) in [5.41, 5.74) is 5.33. The van der Waals surface area contributed by atoms with Crippen LogP contribution in [0.15, 0.2) is 18.2 Å². The van der Waals surface area contributed by atoms with Crippen LogP contribution in [0, 0.1) is 26.6 Å². The molecule has 1 heterocycles. The van der Waals surface area contributed by atoms with E-state index in [0.717, 1.165) is 34.6 Å². The van der Waals surface area contributed by atoms with Crippen molar-refractivity contribution in [3.8, 4) is 0 Å². The summed E-state index contributed by atoms with van der Waals surface area (Å²) in [6.07, 6.45) is 0.882. The fraction of sp³-hybridized carbons (Fsp3) is 0.412. The number of aromatic nitrogens is 2. The van der Waals surface area contributed by atoms with Crippen LogP contribution in [0.1, 0.15) is 47.8 Å². The lowest BCUT2D eigenvalue weighted by atomic mass is 10.0. The first-order valence-corrected chi connectivity index (χ1v) is 7.29. The second-order valence-electron chi connectivity index (χ2n) is 5.47. The SMILES string of the molecule is CCc1nnc(N[C@@H](C)c2ccc(F)cc2C)c(C)c1C. The minimum Gasteiger partial charge on any atom is -0.362 e. The highest BCUT2D eigenvalue weighted by Gasteiger charge is 2.13. The van der Waals surface area contributed by atoms with E-state index >= 15 is 0 Å². The van der Waals surface area contributed by atoms with Crippen LogP contribution in [0.4, 0.5) is 10.2 Å². The number of hydrogen-bond donors (Lipinski definition) is 1. The monoisotopic (exact) mass is 287 g/mol. The predicted octanol–water partition coefficient (Wildman–Crippen LogP) is 4.28. The lowest BCUT2D eigenvalue weighted by Crippen LogP contribution is -2.13. The van der Waals surface area contributed by atoms with Gasteiger partial charge in [-0.2, -0.15) is 5.10 Å². The lowest BCUT2D eigenvalue weighted by Gasteiger charge is -2.19. The zero-order valence-corrected chi connectivity index (χ0v) is 13.3. The smallest absolute Gasteiger partial charge is 0.152 e. The van der Waals surface area contributed by atoms with E-state index in [0.29, 0.717) is 0 Å². The molecule has 0 aliphatic heterocycles. The van der Waals surface area contributed by atoms with E-state index < -0.39 is 0 Å². The second kappa shape index (κ2) is 6.20. The van der Waals surface area contributed by atoms with Crippen molar-refractivity contribution in [3.05, 3.63) is 52.0 Å². The highest BCUT2D eigenvalue weighted by molar-refractivity contribution is 5.49. The van der Waals surface area contributed by atoms with E-state index in [-0.39, 0.29) is 11.9 Å². The van der Waals surface area contributed by atoms with E-state index in [2.05, 4.69) is 36.3 Å². The van der Waals surface area contributed by atoms with Crippen molar-refractivity contribution in [1.29, 1.82) is 0 Å². The first-order valence-electron chi connectivity index (χ1n) is 7.29. The molecule has 4 heteroatoms. The Balaban J connectivity index is 2.27. The molecule has 0 amide bonds. The topological polar surface area (TPSA) is 37.8 Å². The van der Waals surface area contributed by atoms with Crippen LogP contribution in [0.3, 0.4) is 0 Å². The Bertz CT molecular complexity index is 653. The van der Waals surface area contributed by atoms with Crippen molar-refractivity contribution in [2.75, 3.05) is 5.32 Å². The van der Waals surface area contributed by atoms with Crippen molar-refractivity contribution >= 4 is 5.82 Å². The summed E-state index contributed by atoms with van der Waals surface area (Å²) in [6.45, 7) is 10.2. The third-order valence-electron chi connectivity index (χ3n) is 4.01. The van der Waals surface area contributed by atoms with Crippen LogP contribution < -0.4 is 5.32 Å². The van der Waals surface area contributed by atoms with Gasteiger partial charge in [0.1, 0.15) is 5.82 Å². The van der Waals surface area contributed by atoms with E-state index in [9.17, 15) is 4.39 Å². The number of halogens is 1. The standard InChI is InChI=1S/C17H22FN3/c1-6-16-11(3)12(4)17(21-20-16)19-13(5)15-8-7-14(18)9-10(15)2/h7-9,13H,6H2,1-5H3,(H,19,21)/t13-/m0/s1. The second-order valence-corrected chi connectivity index (χ2v) is 5.47. The van der Waals surface area contributed by atoms with E-state index in [1.165, 1.54) is 11.6 Å². The quantitative estimate of drug-likeness (QED) is 0.912. The van der Waals surface area contributed by atoms with Gasteiger partial charge in [-0.15, -0.1) is 5.10 Å². The Morgan fingerprint density at radius 3 is 2.48 bits per heavy atom. The molecule has 2 aromatic rings. The van der Waals surface area contributed by atoms with Gasteiger partial charge in [-0.25, -0.2) is 4.39 Å². The molecule has 0 spiro atoms. The zero-order valence-electron chi connectivity index (χ0n) is 13.3. The molecule has 2 rings (SSSR count). The molecule has 3 nitrogen and oxygen atoms in total. The molecule has 1 atom stereocenters. The summed E-state index contributed by atoms with van der Waals surface area (Å²) in [5, 5.41) is 11.9. The average Bonchev–Trinajstić information content (AvgIpc) is 2.44.